The zero-order valence-corrected chi connectivity index (χ0v) is 12.6. The lowest BCUT2D eigenvalue weighted by Crippen LogP contribution is -2.63. The van der Waals surface area contributed by atoms with E-state index < -0.39 is 11.7 Å². The molecule has 2 unspecified atom stereocenters. The molecule has 118 valence electrons. The maximum atomic E-state index is 13.0. The van der Waals surface area contributed by atoms with Crippen LogP contribution in [0.25, 0.3) is 0 Å². The van der Waals surface area contributed by atoms with Crippen molar-refractivity contribution in [1.82, 2.24) is 5.32 Å². The van der Waals surface area contributed by atoms with Gasteiger partial charge >= 0.3 is 6.18 Å². The number of ether oxygens (including phenoxy) is 1. The summed E-state index contributed by atoms with van der Waals surface area (Å²) in [6.07, 6.45) is -2.05. The van der Waals surface area contributed by atoms with Gasteiger partial charge in [0.05, 0.1) is 5.56 Å². The summed E-state index contributed by atoms with van der Waals surface area (Å²) >= 11 is 0. The molecule has 5 heteroatoms. The average molecular weight is 301 g/mol. The van der Waals surface area contributed by atoms with Gasteiger partial charge in [-0.3, -0.25) is 0 Å². The van der Waals surface area contributed by atoms with E-state index in [-0.39, 0.29) is 17.3 Å². The molecule has 2 atom stereocenters. The van der Waals surface area contributed by atoms with E-state index >= 15 is 0 Å². The predicted molar refractivity (Wildman–Crippen MR) is 76.3 cm³/mol. The van der Waals surface area contributed by atoms with Gasteiger partial charge in [-0.15, -0.1) is 0 Å². The molecule has 0 heterocycles. The lowest BCUT2D eigenvalue weighted by Gasteiger charge is -2.55. The minimum atomic E-state index is -4.39. The van der Waals surface area contributed by atoms with E-state index in [1.54, 1.807) is 6.07 Å². The molecule has 0 bridgehead atoms. The fourth-order valence-corrected chi connectivity index (χ4v) is 3.47. The number of alkyl halides is 3. The van der Waals surface area contributed by atoms with Gasteiger partial charge in [-0.05, 0) is 32.0 Å². The van der Waals surface area contributed by atoms with Gasteiger partial charge in [0.2, 0.25) is 0 Å². The first-order valence-corrected chi connectivity index (χ1v) is 7.39. The molecule has 21 heavy (non-hydrogen) atoms. The second kappa shape index (κ2) is 5.87. The van der Waals surface area contributed by atoms with Crippen LogP contribution in [0.5, 0.6) is 5.75 Å². The van der Waals surface area contributed by atoms with Gasteiger partial charge in [-0.1, -0.05) is 26.0 Å². The Kier molecular flexibility index (Phi) is 4.51. The maximum absolute atomic E-state index is 13.0. The molecule has 1 fully saturated rings. The molecule has 1 aliphatic rings. The summed E-state index contributed by atoms with van der Waals surface area (Å²) in [6.45, 7) is 4.14. The van der Waals surface area contributed by atoms with E-state index in [2.05, 4.69) is 19.2 Å². The fraction of sp³-hybridized carbons (Fsp3) is 0.625. The third-order valence-electron chi connectivity index (χ3n) is 4.91. The van der Waals surface area contributed by atoms with Crippen LogP contribution in [-0.2, 0) is 6.18 Å². The van der Waals surface area contributed by atoms with Gasteiger partial charge in [0.25, 0.3) is 0 Å². The molecule has 1 aliphatic carbocycles. The van der Waals surface area contributed by atoms with Crippen LogP contribution >= 0.6 is 0 Å². The Morgan fingerprint density at radius 1 is 1.24 bits per heavy atom. The van der Waals surface area contributed by atoms with Gasteiger partial charge in [-0.2, -0.15) is 13.2 Å². The van der Waals surface area contributed by atoms with Gasteiger partial charge in [0, 0.05) is 17.9 Å². The number of rotatable bonds is 5. The van der Waals surface area contributed by atoms with Crippen molar-refractivity contribution < 1.29 is 17.9 Å². The van der Waals surface area contributed by atoms with E-state index in [1.165, 1.54) is 12.1 Å². The van der Waals surface area contributed by atoms with Crippen molar-refractivity contribution in [1.29, 1.82) is 0 Å². The normalized spacial score (nSPS) is 24.5. The monoisotopic (exact) mass is 301 g/mol. The highest BCUT2D eigenvalue weighted by molar-refractivity contribution is 5.36. The summed E-state index contributed by atoms with van der Waals surface area (Å²) in [5.74, 6) is -0.0594. The SMILES string of the molecule is CCC1(CC)C(NC)CC1Oc1ccccc1C(F)(F)F. The Bertz CT molecular complexity index is 483. The topological polar surface area (TPSA) is 21.3 Å². The highest BCUT2D eigenvalue weighted by Gasteiger charge is 2.54. The van der Waals surface area contributed by atoms with Crippen molar-refractivity contribution in [3.8, 4) is 5.75 Å². The van der Waals surface area contributed by atoms with Crippen molar-refractivity contribution in [2.45, 2.75) is 51.4 Å². The average Bonchev–Trinajstić information content (AvgIpc) is 2.44. The molecule has 1 aromatic carbocycles. The lowest BCUT2D eigenvalue weighted by molar-refractivity contribution is -0.142. The molecule has 0 spiro atoms. The Labute approximate surface area is 123 Å². The minimum Gasteiger partial charge on any atom is -0.489 e. The largest absolute Gasteiger partial charge is 0.489 e. The molecule has 0 amide bonds. The first kappa shape index (κ1) is 16.1. The van der Waals surface area contributed by atoms with Gasteiger partial charge in [0.1, 0.15) is 11.9 Å². The summed E-state index contributed by atoms with van der Waals surface area (Å²) in [5, 5.41) is 3.25. The van der Waals surface area contributed by atoms with E-state index in [0.717, 1.165) is 25.3 Å². The fourth-order valence-electron chi connectivity index (χ4n) is 3.47. The van der Waals surface area contributed by atoms with E-state index in [0.29, 0.717) is 6.04 Å². The third kappa shape index (κ3) is 2.76. The number of halogens is 3. The zero-order chi connectivity index (χ0) is 15.7. The second-order valence-corrected chi connectivity index (χ2v) is 5.62. The summed E-state index contributed by atoms with van der Waals surface area (Å²) in [6, 6.07) is 5.75. The Hall–Kier alpha value is -1.23. The summed E-state index contributed by atoms with van der Waals surface area (Å²) < 4.78 is 44.9. The predicted octanol–water partition coefficient (Wildman–Crippen LogP) is 4.25. The van der Waals surface area contributed by atoms with Crippen LogP contribution in [0.3, 0.4) is 0 Å². The molecule has 0 aliphatic heterocycles. The molecule has 1 N–H and O–H groups in total. The first-order chi connectivity index (χ1) is 9.89. The molecule has 2 rings (SSSR count). The van der Waals surface area contributed by atoms with Crippen LogP contribution in [0.1, 0.15) is 38.7 Å². The number of hydrogen-bond donors (Lipinski definition) is 1. The standard InChI is InChI=1S/C16H22F3NO/c1-4-15(5-2)13(20-3)10-14(15)21-12-9-7-6-8-11(12)16(17,18)19/h6-9,13-14,20H,4-5,10H2,1-3H3. The number of para-hydroxylation sites is 1. The van der Waals surface area contributed by atoms with Crippen molar-refractivity contribution in [2.75, 3.05) is 7.05 Å². The van der Waals surface area contributed by atoms with Crippen molar-refractivity contribution >= 4 is 0 Å². The number of hydrogen-bond acceptors (Lipinski definition) is 2. The van der Waals surface area contributed by atoms with E-state index in [1.807, 2.05) is 7.05 Å². The summed E-state index contributed by atoms with van der Waals surface area (Å²) in [5.41, 5.74) is -0.785. The van der Waals surface area contributed by atoms with Gasteiger partial charge in [-0.25, -0.2) is 0 Å². The van der Waals surface area contributed by atoms with E-state index in [9.17, 15) is 13.2 Å². The van der Waals surface area contributed by atoms with Crippen LogP contribution < -0.4 is 10.1 Å². The quantitative estimate of drug-likeness (QED) is 0.878. The second-order valence-electron chi connectivity index (χ2n) is 5.62. The molecule has 2 nitrogen and oxygen atoms in total. The number of nitrogens with one attached hydrogen (secondary N) is 1. The summed E-state index contributed by atoms with van der Waals surface area (Å²) in [4.78, 5) is 0. The molecule has 1 aromatic rings. The molecule has 0 aromatic heterocycles. The molecular formula is C16H22F3NO. The number of benzene rings is 1. The van der Waals surface area contributed by atoms with Crippen LogP contribution in [0.2, 0.25) is 0 Å². The zero-order valence-electron chi connectivity index (χ0n) is 12.6. The Balaban J connectivity index is 2.24. The van der Waals surface area contributed by atoms with E-state index in [4.69, 9.17) is 4.74 Å². The van der Waals surface area contributed by atoms with Crippen molar-refractivity contribution in [2.24, 2.45) is 5.41 Å². The van der Waals surface area contributed by atoms with Crippen molar-refractivity contribution in [3.63, 3.8) is 0 Å². The highest BCUT2D eigenvalue weighted by Crippen LogP contribution is 2.49. The van der Waals surface area contributed by atoms with Crippen LogP contribution in [0.4, 0.5) is 13.2 Å². The third-order valence-corrected chi connectivity index (χ3v) is 4.91. The van der Waals surface area contributed by atoms with Gasteiger partial charge < -0.3 is 10.1 Å². The van der Waals surface area contributed by atoms with Crippen LogP contribution in [0, 0.1) is 5.41 Å². The minimum absolute atomic E-state index is 0.0594. The van der Waals surface area contributed by atoms with Crippen LogP contribution in [0.15, 0.2) is 24.3 Å². The molecular weight excluding hydrogens is 279 g/mol. The van der Waals surface area contributed by atoms with Crippen molar-refractivity contribution in [3.05, 3.63) is 29.8 Å². The maximum Gasteiger partial charge on any atom is 0.419 e. The molecule has 1 saturated carbocycles. The first-order valence-electron chi connectivity index (χ1n) is 7.39. The Morgan fingerprint density at radius 2 is 1.86 bits per heavy atom. The molecule has 0 saturated heterocycles. The lowest BCUT2D eigenvalue weighted by atomic mass is 9.58. The Morgan fingerprint density at radius 3 is 2.38 bits per heavy atom. The van der Waals surface area contributed by atoms with Gasteiger partial charge in [0.15, 0.2) is 0 Å². The molecule has 0 radical (unpaired) electrons. The summed E-state index contributed by atoms with van der Waals surface area (Å²) in [7, 11) is 1.89. The highest BCUT2D eigenvalue weighted by atomic mass is 19.4. The van der Waals surface area contributed by atoms with Crippen LogP contribution in [-0.4, -0.2) is 19.2 Å². The smallest absolute Gasteiger partial charge is 0.419 e.